The van der Waals surface area contributed by atoms with Crippen molar-refractivity contribution in [3.63, 3.8) is 0 Å². The zero-order chi connectivity index (χ0) is 17.0. The summed E-state index contributed by atoms with van der Waals surface area (Å²) >= 11 is 0. The van der Waals surface area contributed by atoms with Crippen LogP contribution in [0, 0.1) is 0 Å². The molecule has 4 nitrogen and oxygen atoms in total. The molecule has 0 aliphatic carbocycles. The molecule has 0 bridgehead atoms. The van der Waals surface area contributed by atoms with Crippen molar-refractivity contribution in [2.75, 3.05) is 5.32 Å². The number of halogens is 3. The highest BCUT2D eigenvalue weighted by atomic mass is 19.4. The van der Waals surface area contributed by atoms with E-state index in [1.165, 1.54) is 18.2 Å². The lowest BCUT2D eigenvalue weighted by atomic mass is 10.1. The van der Waals surface area contributed by atoms with Crippen LogP contribution >= 0.6 is 0 Å². The molecular weight excluding hydrogens is 319 g/mol. The van der Waals surface area contributed by atoms with E-state index in [1.54, 1.807) is 30.7 Å². The van der Waals surface area contributed by atoms with Crippen molar-refractivity contribution in [2.45, 2.75) is 6.36 Å². The smallest absolute Gasteiger partial charge is 0.406 e. The number of rotatable bonds is 4. The molecule has 0 unspecified atom stereocenters. The summed E-state index contributed by atoms with van der Waals surface area (Å²) in [6.07, 6.45) is 0.350. The van der Waals surface area contributed by atoms with E-state index in [9.17, 15) is 13.2 Å². The van der Waals surface area contributed by atoms with Gasteiger partial charge in [-0.3, -0.25) is 4.98 Å². The van der Waals surface area contributed by atoms with Crippen molar-refractivity contribution >= 4 is 11.5 Å². The van der Waals surface area contributed by atoms with Gasteiger partial charge in [-0.05, 0) is 30.3 Å². The molecule has 122 valence electrons. The minimum Gasteiger partial charge on any atom is -0.406 e. The average Bonchev–Trinajstić information content (AvgIpc) is 2.55. The fourth-order valence-corrected chi connectivity index (χ4v) is 2.09. The largest absolute Gasteiger partial charge is 0.573 e. The first-order valence-corrected chi connectivity index (χ1v) is 6.99. The van der Waals surface area contributed by atoms with Crippen LogP contribution in [0.5, 0.6) is 5.75 Å². The molecule has 0 fully saturated rings. The third-order valence-corrected chi connectivity index (χ3v) is 3.10. The minimum absolute atomic E-state index is 0.292. The first kappa shape index (κ1) is 15.8. The number of nitrogens with one attached hydrogen (secondary N) is 1. The second kappa shape index (κ2) is 6.57. The fraction of sp³-hybridized carbons (Fsp3) is 0.0588. The molecular formula is C17H12F3N3O. The summed E-state index contributed by atoms with van der Waals surface area (Å²) in [6.45, 7) is 0. The van der Waals surface area contributed by atoms with Crippen molar-refractivity contribution in [3.05, 3.63) is 67.1 Å². The Labute approximate surface area is 136 Å². The lowest BCUT2D eigenvalue weighted by Crippen LogP contribution is -2.17. The van der Waals surface area contributed by atoms with Gasteiger partial charge < -0.3 is 10.1 Å². The molecule has 7 heteroatoms. The molecule has 0 aliphatic heterocycles. The maximum Gasteiger partial charge on any atom is 0.573 e. The van der Waals surface area contributed by atoms with Crippen LogP contribution in [0.15, 0.2) is 67.1 Å². The Hall–Kier alpha value is -3.09. The Morgan fingerprint density at radius 1 is 0.917 bits per heavy atom. The van der Waals surface area contributed by atoms with Crippen molar-refractivity contribution < 1.29 is 17.9 Å². The van der Waals surface area contributed by atoms with Crippen LogP contribution < -0.4 is 10.1 Å². The van der Waals surface area contributed by atoms with Gasteiger partial charge in [0.1, 0.15) is 11.6 Å². The van der Waals surface area contributed by atoms with Crippen LogP contribution in [0.4, 0.5) is 24.7 Å². The molecule has 24 heavy (non-hydrogen) atoms. The van der Waals surface area contributed by atoms with E-state index in [-0.39, 0.29) is 5.75 Å². The third kappa shape index (κ3) is 4.22. The SMILES string of the molecule is FC(F)(F)Oc1cccc(Nc2ccc(-c3cccnc3)cn2)c1. The highest BCUT2D eigenvalue weighted by Crippen LogP contribution is 2.26. The first-order valence-electron chi connectivity index (χ1n) is 6.99. The van der Waals surface area contributed by atoms with Gasteiger partial charge in [0.25, 0.3) is 0 Å². The number of ether oxygens (including phenoxy) is 1. The molecule has 1 aromatic carbocycles. The quantitative estimate of drug-likeness (QED) is 0.747. The summed E-state index contributed by atoms with van der Waals surface area (Å²) in [7, 11) is 0. The Kier molecular flexibility index (Phi) is 4.33. The first-order chi connectivity index (χ1) is 11.5. The van der Waals surface area contributed by atoms with Crippen molar-refractivity contribution in [3.8, 4) is 16.9 Å². The lowest BCUT2D eigenvalue weighted by molar-refractivity contribution is -0.274. The monoisotopic (exact) mass is 331 g/mol. The van der Waals surface area contributed by atoms with E-state index >= 15 is 0 Å². The maximum atomic E-state index is 12.2. The average molecular weight is 331 g/mol. The van der Waals surface area contributed by atoms with E-state index in [0.29, 0.717) is 11.5 Å². The van der Waals surface area contributed by atoms with Gasteiger partial charge >= 0.3 is 6.36 Å². The van der Waals surface area contributed by atoms with Gasteiger partial charge in [0, 0.05) is 41.5 Å². The van der Waals surface area contributed by atoms with Gasteiger partial charge in [0.2, 0.25) is 0 Å². The molecule has 0 atom stereocenters. The van der Waals surface area contributed by atoms with Crippen LogP contribution in [-0.4, -0.2) is 16.3 Å². The number of hydrogen-bond donors (Lipinski definition) is 1. The topological polar surface area (TPSA) is 47.0 Å². The molecule has 1 N–H and O–H groups in total. The number of hydrogen-bond acceptors (Lipinski definition) is 4. The van der Waals surface area contributed by atoms with E-state index in [2.05, 4.69) is 20.0 Å². The molecule has 0 radical (unpaired) electrons. The number of anilines is 2. The van der Waals surface area contributed by atoms with Crippen molar-refractivity contribution in [1.29, 1.82) is 0 Å². The number of alkyl halides is 3. The second-order valence-corrected chi connectivity index (χ2v) is 4.87. The second-order valence-electron chi connectivity index (χ2n) is 4.87. The summed E-state index contributed by atoms with van der Waals surface area (Å²) in [5.41, 5.74) is 2.26. The van der Waals surface area contributed by atoms with Gasteiger partial charge in [-0.25, -0.2) is 4.98 Å². The van der Waals surface area contributed by atoms with Crippen LogP contribution in [0.3, 0.4) is 0 Å². The number of nitrogens with zero attached hydrogens (tertiary/aromatic N) is 2. The normalized spacial score (nSPS) is 11.1. The van der Waals surface area contributed by atoms with Gasteiger partial charge in [-0.2, -0.15) is 0 Å². The minimum atomic E-state index is -4.72. The van der Waals surface area contributed by atoms with E-state index in [4.69, 9.17) is 0 Å². The number of benzene rings is 1. The molecule has 0 amide bonds. The van der Waals surface area contributed by atoms with Gasteiger partial charge in [0.05, 0.1) is 0 Å². The van der Waals surface area contributed by atoms with Gasteiger partial charge in [-0.1, -0.05) is 12.1 Å². The van der Waals surface area contributed by atoms with E-state index in [0.717, 1.165) is 11.1 Å². The zero-order valence-corrected chi connectivity index (χ0v) is 12.3. The Morgan fingerprint density at radius 3 is 2.42 bits per heavy atom. The Bertz CT molecular complexity index is 805. The zero-order valence-electron chi connectivity index (χ0n) is 12.3. The Balaban J connectivity index is 1.73. The summed E-state index contributed by atoms with van der Waals surface area (Å²) in [6, 6.07) is 12.9. The molecule has 2 aromatic heterocycles. The summed E-state index contributed by atoms with van der Waals surface area (Å²) in [5, 5.41) is 2.93. The predicted molar refractivity (Wildman–Crippen MR) is 83.9 cm³/mol. The Morgan fingerprint density at radius 2 is 1.75 bits per heavy atom. The van der Waals surface area contributed by atoms with Crippen LogP contribution in [0.25, 0.3) is 11.1 Å². The molecule has 2 heterocycles. The molecule has 0 saturated carbocycles. The van der Waals surface area contributed by atoms with E-state index < -0.39 is 6.36 Å². The predicted octanol–water partition coefficient (Wildman–Crippen LogP) is 4.79. The summed E-state index contributed by atoms with van der Waals surface area (Å²) < 4.78 is 40.6. The van der Waals surface area contributed by atoms with Crippen LogP contribution in [0.2, 0.25) is 0 Å². The lowest BCUT2D eigenvalue weighted by Gasteiger charge is -2.11. The molecule has 3 aromatic rings. The third-order valence-electron chi connectivity index (χ3n) is 3.10. The molecule has 3 rings (SSSR count). The molecule has 0 saturated heterocycles. The highest BCUT2D eigenvalue weighted by molar-refractivity contribution is 5.64. The summed E-state index contributed by atoms with van der Waals surface area (Å²) in [4.78, 5) is 8.29. The number of aromatic nitrogens is 2. The maximum absolute atomic E-state index is 12.2. The van der Waals surface area contributed by atoms with Crippen LogP contribution in [0.1, 0.15) is 0 Å². The highest BCUT2D eigenvalue weighted by Gasteiger charge is 2.31. The van der Waals surface area contributed by atoms with E-state index in [1.807, 2.05) is 18.2 Å². The van der Waals surface area contributed by atoms with Crippen molar-refractivity contribution in [1.82, 2.24) is 9.97 Å². The standard InChI is InChI=1S/C17H12F3N3O/c18-17(19,20)24-15-5-1-4-14(9-15)23-16-7-6-13(11-22-16)12-3-2-8-21-10-12/h1-11H,(H,22,23). The van der Waals surface area contributed by atoms with Crippen molar-refractivity contribution in [2.24, 2.45) is 0 Å². The molecule has 0 aliphatic rings. The summed E-state index contributed by atoms with van der Waals surface area (Å²) in [5.74, 6) is 0.214. The fourth-order valence-electron chi connectivity index (χ4n) is 2.09. The van der Waals surface area contributed by atoms with Crippen LogP contribution in [-0.2, 0) is 0 Å². The van der Waals surface area contributed by atoms with Gasteiger partial charge in [-0.15, -0.1) is 13.2 Å². The molecule has 0 spiro atoms. The number of pyridine rings is 2. The van der Waals surface area contributed by atoms with Gasteiger partial charge in [0.15, 0.2) is 0 Å².